The number of hydrogen-bond donors (Lipinski definition) is 2. The van der Waals surface area contributed by atoms with Crippen LogP contribution in [0, 0.1) is 11.3 Å². The van der Waals surface area contributed by atoms with E-state index in [0.717, 1.165) is 0 Å². The monoisotopic (exact) mass is 517 g/mol. The number of imide groups is 1. The summed E-state index contributed by atoms with van der Waals surface area (Å²) < 4.78 is 10.4. The Morgan fingerprint density at radius 3 is 2.12 bits per heavy atom. The number of nitrogens with one attached hydrogen (secondary N) is 2. The van der Waals surface area contributed by atoms with Crippen LogP contribution in [-0.4, -0.2) is 26.2 Å². The van der Waals surface area contributed by atoms with Crippen LogP contribution in [0.1, 0.15) is 27.4 Å². The summed E-state index contributed by atoms with van der Waals surface area (Å²) in [5, 5.41) is 15.3. The average molecular weight is 519 g/mol. The molecule has 0 heterocycles. The van der Waals surface area contributed by atoms with E-state index < -0.39 is 17.9 Å². The number of rotatable bonds is 6. The summed E-state index contributed by atoms with van der Waals surface area (Å²) in [7, 11) is 2.79. The molecule has 0 saturated carbocycles. The van der Waals surface area contributed by atoms with Crippen LogP contribution in [0.2, 0.25) is 15.1 Å². The normalized spacial score (nSPS) is 11.2. The Morgan fingerprint density at radius 2 is 1.56 bits per heavy atom. The first kappa shape index (κ1) is 25.2. The van der Waals surface area contributed by atoms with Gasteiger partial charge in [0.05, 0.1) is 36.9 Å². The van der Waals surface area contributed by atoms with Crippen LogP contribution in [0.5, 0.6) is 11.5 Å². The SMILES string of the molecule is COc1cccc(OC)c1C(=O)NC(=O)Nc1cc(Cl)c(C(C#N)c2ccc(Cl)cc2)cc1Cl. The first-order chi connectivity index (χ1) is 16.3. The summed E-state index contributed by atoms with van der Waals surface area (Å²) in [6, 6.07) is 15.8. The topological polar surface area (TPSA) is 100 Å². The second kappa shape index (κ2) is 11.1. The largest absolute Gasteiger partial charge is 0.496 e. The minimum absolute atomic E-state index is 0.0574. The zero-order valence-corrected chi connectivity index (χ0v) is 20.3. The van der Waals surface area contributed by atoms with Crippen LogP contribution in [0.4, 0.5) is 10.5 Å². The minimum atomic E-state index is -0.849. The van der Waals surface area contributed by atoms with Crippen LogP contribution in [0.3, 0.4) is 0 Å². The molecule has 0 saturated heterocycles. The molecule has 0 fully saturated rings. The standard InChI is InChI=1S/C24H18Cl3N3O4/c1-33-20-4-3-5-21(34-2)22(20)23(31)30-24(32)29-19-11-17(26)15(10-18(19)27)16(12-28)13-6-8-14(25)9-7-13/h3-11,16H,1-2H3,(H2,29,30,31,32). The highest BCUT2D eigenvalue weighted by atomic mass is 35.5. The van der Waals surface area contributed by atoms with Crippen molar-refractivity contribution in [1.82, 2.24) is 5.32 Å². The predicted molar refractivity (Wildman–Crippen MR) is 131 cm³/mol. The summed E-state index contributed by atoms with van der Waals surface area (Å²) in [6.45, 7) is 0. The van der Waals surface area contributed by atoms with E-state index in [1.807, 2.05) is 0 Å². The van der Waals surface area contributed by atoms with Crippen LogP contribution in [-0.2, 0) is 0 Å². The maximum atomic E-state index is 12.7. The molecule has 3 amide bonds. The van der Waals surface area contributed by atoms with Gasteiger partial charge in [0.15, 0.2) is 0 Å². The molecule has 0 bridgehead atoms. The number of anilines is 1. The van der Waals surface area contributed by atoms with Crippen molar-refractivity contribution in [1.29, 1.82) is 5.26 Å². The number of urea groups is 1. The summed E-state index contributed by atoms with van der Waals surface area (Å²) in [6.07, 6.45) is 0. The van der Waals surface area contributed by atoms with Crippen molar-refractivity contribution in [3.63, 3.8) is 0 Å². The maximum Gasteiger partial charge on any atom is 0.326 e. The average Bonchev–Trinajstić information content (AvgIpc) is 2.82. The molecule has 3 aromatic rings. The molecule has 0 aromatic heterocycles. The van der Waals surface area contributed by atoms with Crippen molar-refractivity contribution < 1.29 is 19.1 Å². The van der Waals surface area contributed by atoms with E-state index in [9.17, 15) is 14.9 Å². The molecule has 174 valence electrons. The molecular weight excluding hydrogens is 501 g/mol. The lowest BCUT2D eigenvalue weighted by Crippen LogP contribution is -2.34. The van der Waals surface area contributed by atoms with Crippen LogP contribution < -0.4 is 20.1 Å². The van der Waals surface area contributed by atoms with Crippen LogP contribution in [0.15, 0.2) is 54.6 Å². The first-order valence-corrected chi connectivity index (χ1v) is 10.9. The van der Waals surface area contributed by atoms with Crippen molar-refractivity contribution in [2.75, 3.05) is 19.5 Å². The third-order valence-corrected chi connectivity index (χ3v) is 5.75. The van der Waals surface area contributed by atoms with Gasteiger partial charge in [-0.05, 0) is 47.5 Å². The van der Waals surface area contributed by atoms with Gasteiger partial charge in [0, 0.05) is 10.0 Å². The number of benzene rings is 3. The van der Waals surface area contributed by atoms with Gasteiger partial charge in [-0.3, -0.25) is 10.1 Å². The molecule has 34 heavy (non-hydrogen) atoms. The molecule has 0 aliphatic carbocycles. The second-order valence-corrected chi connectivity index (χ2v) is 8.16. The summed E-state index contributed by atoms with van der Waals surface area (Å²) in [5.41, 5.74) is 1.35. The Labute approximate surface area is 211 Å². The molecule has 1 unspecified atom stereocenters. The highest BCUT2D eigenvalue weighted by molar-refractivity contribution is 6.36. The zero-order chi connectivity index (χ0) is 24.8. The molecule has 3 aromatic carbocycles. The fraction of sp³-hybridized carbons (Fsp3) is 0.125. The van der Waals surface area contributed by atoms with Crippen molar-refractivity contribution >= 4 is 52.4 Å². The fourth-order valence-electron chi connectivity index (χ4n) is 3.25. The van der Waals surface area contributed by atoms with Gasteiger partial charge in [-0.1, -0.05) is 53.0 Å². The number of amides is 3. The van der Waals surface area contributed by atoms with Crippen molar-refractivity contribution in [2.24, 2.45) is 0 Å². The lowest BCUT2D eigenvalue weighted by molar-refractivity contribution is 0.0961. The molecule has 2 N–H and O–H groups in total. The number of nitriles is 1. The van der Waals surface area contributed by atoms with Crippen LogP contribution >= 0.6 is 34.8 Å². The quantitative estimate of drug-likeness (QED) is 0.400. The predicted octanol–water partition coefficient (Wildman–Crippen LogP) is 6.28. The van der Waals surface area contributed by atoms with Gasteiger partial charge in [-0.15, -0.1) is 0 Å². The van der Waals surface area contributed by atoms with Crippen molar-refractivity contribution in [2.45, 2.75) is 5.92 Å². The lowest BCUT2D eigenvalue weighted by Gasteiger charge is -2.16. The Bertz CT molecular complexity index is 1250. The molecule has 0 spiro atoms. The Kier molecular flexibility index (Phi) is 8.24. The number of carbonyl (C=O) groups excluding carboxylic acids is 2. The van der Waals surface area contributed by atoms with Gasteiger partial charge in [0.25, 0.3) is 5.91 Å². The van der Waals surface area contributed by atoms with Gasteiger partial charge in [0.1, 0.15) is 17.1 Å². The first-order valence-electron chi connectivity index (χ1n) is 9.76. The Morgan fingerprint density at radius 1 is 0.941 bits per heavy atom. The van der Waals surface area contributed by atoms with E-state index >= 15 is 0 Å². The number of nitrogens with zero attached hydrogens (tertiary/aromatic N) is 1. The minimum Gasteiger partial charge on any atom is -0.496 e. The van der Waals surface area contributed by atoms with E-state index in [-0.39, 0.29) is 32.8 Å². The van der Waals surface area contributed by atoms with Gasteiger partial charge in [-0.25, -0.2) is 4.79 Å². The summed E-state index contributed by atoms with van der Waals surface area (Å²) in [4.78, 5) is 25.2. The van der Waals surface area contributed by atoms with E-state index in [0.29, 0.717) is 16.1 Å². The smallest absolute Gasteiger partial charge is 0.326 e. The van der Waals surface area contributed by atoms with E-state index in [2.05, 4.69) is 16.7 Å². The molecular formula is C24H18Cl3N3O4. The van der Waals surface area contributed by atoms with E-state index in [1.165, 1.54) is 26.4 Å². The third-order valence-electron chi connectivity index (χ3n) is 4.86. The molecule has 7 nitrogen and oxygen atoms in total. The van der Waals surface area contributed by atoms with Crippen molar-refractivity contribution in [3.05, 3.63) is 86.4 Å². The van der Waals surface area contributed by atoms with Crippen LogP contribution in [0.25, 0.3) is 0 Å². The number of ether oxygens (including phenoxy) is 2. The zero-order valence-electron chi connectivity index (χ0n) is 18.0. The van der Waals surface area contributed by atoms with Gasteiger partial charge >= 0.3 is 6.03 Å². The maximum absolute atomic E-state index is 12.7. The summed E-state index contributed by atoms with van der Waals surface area (Å²) >= 11 is 18.7. The molecule has 0 radical (unpaired) electrons. The molecule has 0 aliphatic rings. The highest BCUT2D eigenvalue weighted by Gasteiger charge is 2.22. The molecule has 3 rings (SSSR count). The lowest BCUT2D eigenvalue weighted by atomic mass is 9.92. The highest BCUT2D eigenvalue weighted by Crippen LogP contribution is 2.36. The number of halogens is 3. The van der Waals surface area contributed by atoms with Gasteiger partial charge < -0.3 is 14.8 Å². The molecule has 0 aliphatic heterocycles. The molecule has 10 heteroatoms. The number of methoxy groups -OCH3 is 2. The Balaban J connectivity index is 1.81. The molecule has 1 atom stereocenters. The third kappa shape index (κ3) is 5.54. The fourth-order valence-corrected chi connectivity index (χ4v) is 3.87. The van der Waals surface area contributed by atoms with Gasteiger partial charge in [0.2, 0.25) is 0 Å². The summed E-state index contributed by atoms with van der Waals surface area (Å²) in [5.74, 6) is -0.970. The van der Waals surface area contributed by atoms with Gasteiger partial charge in [-0.2, -0.15) is 5.26 Å². The van der Waals surface area contributed by atoms with Crippen molar-refractivity contribution in [3.8, 4) is 17.6 Å². The number of carbonyl (C=O) groups is 2. The Hall–Kier alpha value is -3.44. The van der Waals surface area contributed by atoms with E-state index in [1.54, 1.807) is 42.5 Å². The number of hydrogen-bond acceptors (Lipinski definition) is 5. The van der Waals surface area contributed by atoms with E-state index in [4.69, 9.17) is 44.3 Å². The second-order valence-electron chi connectivity index (χ2n) is 6.91.